The number of ether oxygens (including phenoxy) is 1. The number of benzene rings is 1. The molecule has 1 aromatic rings. The summed E-state index contributed by atoms with van der Waals surface area (Å²) in [6.07, 6.45) is -0.309. The van der Waals surface area contributed by atoms with Gasteiger partial charge < -0.3 is 20.1 Å². The van der Waals surface area contributed by atoms with Crippen LogP contribution in [-0.2, 0) is 11.3 Å². The van der Waals surface area contributed by atoms with Gasteiger partial charge >= 0.3 is 6.09 Å². The molecule has 2 rings (SSSR count). The van der Waals surface area contributed by atoms with Crippen molar-refractivity contribution >= 4 is 6.09 Å². The number of hydrogen-bond donors (Lipinski definition) is 2. The number of phenolic OH excluding ortho intramolecular Hbond substituents is 1. The molecule has 116 valence electrons. The summed E-state index contributed by atoms with van der Waals surface area (Å²) in [5.41, 5.74) is 0.264. The van der Waals surface area contributed by atoms with Crippen molar-refractivity contribution in [3.8, 4) is 5.75 Å². The van der Waals surface area contributed by atoms with Gasteiger partial charge in [0.2, 0.25) is 0 Å². The molecule has 1 amide bonds. The zero-order chi connectivity index (χ0) is 15.6. The summed E-state index contributed by atoms with van der Waals surface area (Å²) in [6.45, 7) is 7.15. The topological polar surface area (TPSA) is 61.8 Å². The quantitative estimate of drug-likeness (QED) is 0.898. The summed E-state index contributed by atoms with van der Waals surface area (Å²) in [6, 6.07) is 4.47. The molecule has 5 nitrogen and oxygen atoms in total. The third kappa shape index (κ3) is 4.32. The first-order valence-corrected chi connectivity index (χ1v) is 6.93. The molecule has 1 saturated heterocycles. The number of aromatic hydroxyl groups is 1. The van der Waals surface area contributed by atoms with Gasteiger partial charge in [0.15, 0.2) is 11.6 Å². The van der Waals surface area contributed by atoms with Crippen LogP contribution in [0.15, 0.2) is 18.2 Å². The third-order valence-electron chi connectivity index (χ3n) is 3.14. The minimum atomic E-state index is -0.627. The van der Waals surface area contributed by atoms with Gasteiger partial charge in [-0.1, -0.05) is 6.07 Å². The third-order valence-corrected chi connectivity index (χ3v) is 3.14. The zero-order valence-corrected chi connectivity index (χ0v) is 12.5. The van der Waals surface area contributed by atoms with Gasteiger partial charge in [0.05, 0.1) is 0 Å². The van der Waals surface area contributed by atoms with Crippen molar-refractivity contribution in [1.29, 1.82) is 0 Å². The van der Waals surface area contributed by atoms with E-state index in [9.17, 15) is 9.18 Å². The van der Waals surface area contributed by atoms with Crippen LogP contribution in [0.2, 0.25) is 0 Å². The minimum absolute atomic E-state index is 0.175. The Kier molecular flexibility index (Phi) is 4.37. The first kappa shape index (κ1) is 15.6. The summed E-state index contributed by atoms with van der Waals surface area (Å²) < 4.78 is 18.4. The SMILES string of the molecule is CC(C)(C)OC(=O)N1CC(NCc2ccc(O)c(F)c2)C1. The molecule has 0 saturated carbocycles. The maximum Gasteiger partial charge on any atom is 0.410 e. The van der Waals surface area contributed by atoms with Crippen molar-refractivity contribution in [3.63, 3.8) is 0 Å². The van der Waals surface area contributed by atoms with Crippen molar-refractivity contribution in [2.45, 2.75) is 39.0 Å². The van der Waals surface area contributed by atoms with Gasteiger partial charge in [-0.3, -0.25) is 0 Å². The first-order chi connectivity index (χ1) is 9.74. The normalized spacial score (nSPS) is 15.7. The van der Waals surface area contributed by atoms with E-state index in [1.807, 2.05) is 20.8 Å². The van der Waals surface area contributed by atoms with Crippen LogP contribution >= 0.6 is 0 Å². The van der Waals surface area contributed by atoms with Crippen molar-refractivity contribution in [1.82, 2.24) is 10.2 Å². The Morgan fingerprint density at radius 1 is 1.48 bits per heavy atom. The molecule has 1 fully saturated rings. The van der Waals surface area contributed by atoms with Gasteiger partial charge in [-0.05, 0) is 38.5 Å². The molecular weight excluding hydrogens is 275 g/mol. The molecule has 0 bridgehead atoms. The fraction of sp³-hybridized carbons (Fsp3) is 0.533. The number of phenols is 1. The van der Waals surface area contributed by atoms with E-state index in [4.69, 9.17) is 9.84 Å². The van der Waals surface area contributed by atoms with Crippen LogP contribution in [0.25, 0.3) is 0 Å². The second-order valence-electron chi connectivity index (χ2n) is 6.25. The van der Waals surface area contributed by atoms with E-state index in [0.29, 0.717) is 19.6 Å². The Morgan fingerprint density at radius 2 is 2.14 bits per heavy atom. The Hall–Kier alpha value is -1.82. The lowest BCUT2D eigenvalue weighted by Gasteiger charge is -2.40. The highest BCUT2D eigenvalue weighted by Crippen LogP contribution is 2.18. The van der Waals surface area contributed by atoms with Gasteiger partial charge in [0, 0.05) is 25.7 Å². The number of amides is 1. The van der Waals surface area contributed by atoms with Crippen LogP contribution in [0, 0.1) is 5.82 Å². The number of nitrogens with zero attached hydrogens (tertiary/aromatic N) is 1. The summed E-state index contributed by atoms with van der Waals surface area (Å²) in [7, 11) is 0. The minimum Gasteiger partial charge on any atom is -0.505 e. The standard InChI is InChI=1S/C15H21FN2O3/c1-15(2,3)21-14(20)18-8-11(9-18)17-7-10-4-5-13(19)12(16)6-10/h4-6,11,17,19H,7-9H2,1-3H3. The van der Waals surface area contributed by atoms with Crippen LogP contribution in [0.1, 0.15) is 26.3 Å². The molecule has 6 heteroatoms. The number of hydrogen-bond acceptors (Lipinski definition) is 4. The predicted molar refractivity (Wildman–Crippen MR) is 76.5 cm³/mol. The fourth-order valence-electron chi connectivity index (χ4n) is 2.01. The number of likely N-dealkylation sites (tertiary alicyclic amines) is 1. The average Bonchev–Trinajstić information content (AvgIpc) is 2.29. The van der Waals surface area contributed by atoms with Gasteiger partial charge in [0.1, 0.15) is 5.60 Å². The number of halogens is 1. The number of carbonyl (C=O) groups excluding carboxylic acids is 1. The van der Waals surface area contributed by atoms with E-state index in [1.165, 1.54) is 12.1 Å². The van der Waals surface area contributed by atoms with E-state index in [2.05, 4.69) is 5.32 Å². The molecule has 2 N–H and O–H groups in total. The van der Waals surface area contributed by atoms with E-state index in [1.54, 1.807) is 11.0 Å². The van der Waals surface area contributed by atoms with Crippen molar-refractivity contribution in [3.05, 3.63) is 29.6 Å². The van der Waals surface area contributed by atoms with Gasteiger partial charge in [-0.15, -0.1) is 0 Å². The van der Waals surface area contributed by atoms with Crippen LogP contribution < -0.4 is 5.32 Å². The lowest BCUT2D eigenvalue weighted by atomic mass is 10.1. The molecule has 0 aromatic heterocycles. The molecule has 0 atom stereocenters. The van der Waals surface area contributed by atoms with E-state index < -0.39 is 11.4 Å². The first-order valence-electron chi connectivity index (χ1n) is 6.93. The molecule has 1 heterocycles. The van der Waals surface area contributed by atoms with Crippen LogP contribution in [-0.4, -0.2) is 40.8 Å². The Balaban J connectivity index is 1.73. The molecule has 1 aliphatic rings. The lowest BCUT2D eigenvalue weighted by Crippen LogP contribution is -2.60. The molecule has 0 spiro atoms. The van der Waals surface area contributed by atoms with E-state index >= 15 is 0 Å². The molecule has 0 radical (unpaired) electrons. The molecule has 0 aliphatic carbocycles. The number of carbonyl (C=O) groups is 1. The molecule has 0 unspecified atom stereocenters. The number of nitrogens with one attached hydrogen (secondary N) is 1. The summed E-state index contributed by atoms with van der Waals surface area (Å²) in [5, 5.41) is 12.3. The highest BCUT2D eigenvalue weighted by Gasteiger charge is 2.33. The Morgan fingerprint density at radius 3 is 2.71 bits per heavy atom. The van der Waals surface area contributed by atoms with E-state index in [-0.39, 0.29) is 17.9 Å². The second kappa shape index (κ2) is 5.89. The monoisotopic (exact) mass is 296 g/mol. The van der Waals surface area contributed by atoms with Gasteiger partial charge in [-0.25, -0.2) is 9.18 Å². The van der Waals surface area contributed by atoms with Crippen LogP contribution in [0.5, 0.6) is 5.75 Å². The lowest BCUT2D eigenvalue weighted by molar-refractivity contribution is 0.00518. The zero-order valence-electron chi connectivity index (χ0n) is 12.5. The van der Waals surface area contributed by atoms with Crippen molar-refractivity contribution < 1.29 is 19.0 Å². The smallest absolute Gasteiger partial charge is 0.410 e. The maximum atomic E-state index is 13.2. The molecule has 1 aliphatic heterocycles. The molecule has 21 heavy (non-hydrogen) atoms. The van der Waals surface area contributed by atoms with Gasteiger partial charge in [-0.2, -0.15) is 0 Å². The largest absolute Gasteiger partial charge is 0.505 e. The van der Waals surface area contributed by atoms with Crippen molar-refractivity contribution in [2.75, 3.05) is 13.1 Å². The van der Waals surface area contributed by atoms with Crippen LogP contribution in [0.3, 0.4) is 0 Å². The Labute approximate surface area is 123 Å². The average molecular weight is 296 g/mol. The highest BCUT2D eigenvalue weighted by molar-refractivity contribution is 5.69. The highest BCUT2D eigenvalue weighted by atomic mass is 19.1. The van der Waals surface area contributed by atoms with Crippen LogP contribution in [0.4, 0.5) is 9.18 Å². The van der Waals surface area contributed by atoms with Gasteiger partial charge in [0.25, 0.3) is 0 Å². The Bertz CT molecular complexity index is 522. The number of rotatable bonds is 3. The van der Waals surface area contributed by atoms with E-state index in [0.717, 1.165) is 5.56 Å². The van der Waals surface area contributed by atoms with Crippen molar-refractivity contribution in [2.24, 2.45) is 0 Å². The molecule has 1 aromatic carbocycles. The summed E-state index contributed by atoms with van der Waals surface area (Å²) in [5.74, 6) is -0.975. The maximum absolute atomic E-state index is 13.2. The summed E-state index contributed by atoms with van der Waals surface area (Å²) in [4.78, 5) is 13.4. The molecular formula is C15H21FN2O3. The predicted octanol–water partition coefficient (Wildman–Crippen LogP) is 2.24. The fourth-order valence-corrected chi connectivity index (χ4v) is 2.01. The summed E-state index contributed by atoms with van der Waals surface area (Å²) >= 11 is 0. The second-order valence-corrected chi connectivity index (χ2v) is 6.25.